The number of hydrogen-bond donors (Lipinski definition) is 1. The lowest BCUT2D eigenvalue weighted by molar-refractivity contribution is 0.853. The van der Waals surface area contributed by atoms with Crippen LogP contribution in [0.2, 0.25) is 9.36 Å². The minimum atomic E-state index is 0.483. The van der Waals surface area contributed by atoms with Crippen molar-refractivity contribution >= 4 is 51.5 Å². The molecule has 2 N–H and O–H groups in total. The minimum absolute atomic E-state index is 0.483. The Morgan fingerprint density at radius 2 is 2.06 bits per heavy atom. The Morgan fingerprint density at radius 1 is 1.22 bits per heavy atom. The van der Waals surface area contributed by atoms with Crippen LogP contribution < -0.4 is 5.73 Å². The van der Waals surface area contributed by atoms with Crippen molar-refractivity contribution in [2.24, 2.45) is 0 Å². The first-order valence-corrected chi connectivity index (χ1v) is 6.86. The van der Waals surface area contributed by atoms with Gasteiger partial charge in [0.15, 0.2) is 0 Å². The average molecular weight is 298 g/mol. The van der Waals surface area contributed by atoms with E-state index in [9.17, 15) is 0 Å². The lowest BCUT2D eigenvalue weighted by atomic mass is 10.3. The zero-order valence-corrected chi connectivity index (χ0v) is 11.6. The molecule has 0 spiro atoms. The highest BCUT2D eigenvalue weighted by Gasteiger charge is 2.10. The molecule has 2 aromatic heterocycles. The summed E-state index contributed by atoms with van der Waals surface area (Å²) < 4.78 is 2.70. The van der Waals surface area contributed by atoms with Gasteiger partial charge in [0, 0.05) is 9.90 Å². The van der Waals surface area contributed by atoms with Crippen LogP contribution in [0.3, 0.4) is 0 Å². The second-order valence-electron chi connectivity index (χ2n) is 3.90. The molecule has 1 aromatic carbocycles. The molecule has 3 nitrogen and oxygen atoms in total. The van der Waals surface area contributed by atoms with Crippen molar-refractivity contribution in [3.8, 4) is 0 Å². The van der Waals surface area contributed by atoms with E-state index in [4.69, 9.17) is 28.9 Å². The summed E-state index contributed by atoms with van der Waals surface area (Å²) in [6, 6.07) is 9.41. The third kappa shape index (κ3) is 2.07. The van der Waals surface area contributed by atoms with E-state index < -0.39 is 0 Å². The Bertz CT molecular complexity index is 717. The smallest absolute Gasteiger partial charge is 0.201 e. The van der Waals surface area contributed by atoms with Crippen LogP contribution in [0.15, 0.2) is 30.3 Å². The highest BCUT2D eigenvalue weighted by Crippen LogP contribution is 2.26. The van der Waals surface area contributed by atoms with Crippen LogP contribution in [0.4, 0.5) is 5.95 Å². The van der Waals surface area contributed by atoms with Gasteiger partial charge in [-0.05, 0) is 30.3 Å². The van der Waals surface area contributed by atoms with Gasteiger partial charge in [-0.3, -0.25) is 0 Å². The zero-order valence-electron chi connectivity index (χ0n) is 9.23. The molecule has 0 fully saturated rings. The Kier molecular flexibility index (Phi) is 2.93. The van der Waals surface area contributed by atoms with E-state index >= 15 is 0 Å². The lowest BCUT2D eigenvalue weighted by Gasteiger charge is -2.04. The standard InChI is InChI=1S/C12H9Cl2N3S/c13-7-1-3-9-10(5-7)17(12(15)16-9)6-8-2-4-11(14)18-8/h1-5H,6H2,(H2,15,16). The van der Waals surface area contributed by atoms with Gasteiger partial charge in [0.25, 0.3) is 0 Å². The van der Waals surface area contributed by atoms with Crippen LogP contribution in [0.1, 0.15) is 4.88 Å². The predicted octanol–water partition coefficient (Wildman–Crippen LogP) is 4.04. The summed E-state index contributed by atoms with van der Waals surface area (Å²) >= 11 is 13.5. The van der Waals surface area contributed by atoms with E-state index in [2.05, 4.69) is 4.98 Å². The van der Waals surface area contributed by atoms with E-state index in [0.717, 1.165) is 20.2 Å². The number of hydrogen-bond acceptors (Lipinski definition) is 3. The number of nitrogens with two attached hydrogens (primary N) is 1. The fraction of sp³-hybridized carbons (Fsp3) is 0.0833. The van der Waals surface area contributed by atoms with Gasteiger partial charge in [0.05, 0.1) is 21.9 Å². The maximum absolute atomic E-state index is 6.01. The molecule has 0 aliphatic rings. The molecule has 0 saturated carbocycles. The minimum Gasteiger partial charge on any atom is -0.369 e. The average Bonchev–Trinajstić information content (AvgIpc) is 2.86. The molecule has 3 rings (SSSR count). The molecule has 0 bridgehead atoms. The van der Waals surface area contributed by atoms with Crippen LogP contribution in [-0.2, 0) is 6.54 Å². The van der Waals surface area contributed by atoms with Crippen molar-refractivity contribution in [2.75, 3.05) is 5.73 Å². The topological polar surface area (TPSA) is 43.8 Å². The Morgan fingerprint density at radius 3 is 2.78 bits per heavy atom. The Balaban J connectivity index is 2.10. The number of nitrogen functional groups attached to an aromatic ring is 1. The third-order valence-electron chi connectivity index (χ3n) is 2.68. The number of anilines is 1. The molecular formula is C12H9Cl2N3S. The fourth-order valence-corrected chi connectivity index (χ4v) is 3.12. The van der Waals surface area contributed by atoms with Crippen LogP contribution in [0.5, 0.6) is 0 Å². The highest BCUT2D eigenvalue weighted by atomic mass is 35.5. The molecule has 0 saturated heterocycles. The van der Waals surface area contributed by atoms with Crippen LogP contribution >= 0.6 is 34.5 Å². The van der Waals surface area contributed by atoms with E-state index in [1.165, 1.54) is 11.3 Å². The predicted molar refractivity (Wildman–Crippen MR) is 77.6 cm³/mol. The first kappa shape index (κ1) is 11.8. The number of aromatic nitrogens is 2. The second kappa shape index (κ2) is 4.46. The van der Waals surface area contributed by atoms with E-state index in [1.54, 1.807) is 0 Å². The van der Waals surface area contributed by atoms with Gasteiger partial charge in [-0.2, -0.15) is 0 Å². The lowest BCUT2D eigenvalue weighted by Crippen LogP contribution is -2.03. The number of thiophene rings is 1. The molecule has 6 heteroatoms. The van der Waals surface area contributed by atoms with Gasteiger partial charge in [0.2, 0.25) is 5.95 Å². The maximum atomic E-state index is 6.01. The van der Waals surface area contributed by atoms with Crippen molar-refractivity contribution in [3.63, 3.8) is 0 Å². The number of nitrogens with zero attached hydrogens (tertiary/aromatic N) is 2. The van der Waals surface area contributed by atoms with E-state index in [-0.39, 0.29) is 0 Å². The number of imidazole rings is 1. The first-order chi connectivity index (χ1) is 8.63. The van der Waals surface area contributed by atoms with Crippen molar-refractivity contribution in [2.45, 2.75) is 6.54 Å². The van der Waals surface area contributed by atoms with Crippen molar-refractivity contribution in [1.29, 1.82) is 0 Å². The maximum Gasteiger partial charge on any atom is 0.201 e. The van der Waals surface area contributed by atoms with Crippen LogP contribution in [-0.4, -0.2) is 9.55 Å². The van der Waals surface area contributed by atoms with Gasteiger partial charge in [-0.25, -0.2) is 4.98 Å². The summed E-state index contributed by atoms with van der Waals surface area (Å²) in [6.45, 7) is 0.653. The van der Waals surface area contributed by atoms with Crippen molar-refractivity contribution in [1.82, 2.24) is 9.55 Å². The summed E-state index contributed by atoms with van der Waals surface area (Å²) in [4.78, 5) is 5.44. The Labute approximate surface area is 118 Å². The molecule has 0 aliphatic carbocycles. The summed E-state index contributed by atoms with van der Waals surface area (Å²) in [5, 5.41) is 0.674. The monoisotopic (exact) mass is 297 g/mol. The largest absolute Gasteiger partial charge is 0.369 e. The van der Waals surface area contributed by atoms with Gasteiger partial charge in [-0.15, -0.1) is 11.3 Å². The second-order valence-corrected chi connectivity index (χ2v) is 6.13. The molecular weight excluding hydrogens is 289 g/mol. The van der Waals surface area contributed by atoms with Crippen molar-refractivity contribution < 1.29 is 0 Å². The molecule has 3 aromatic rings. The van der Waals surface area contributed by atoms with Gasteiger partial charge in [-0.1, -0.05) is 23.2 Å². The number of halogens is 2. The third-order valence-corrected chi connectivity index (χ3v) is 4.13. The first-order valence-electron chi connectivity index (χ1n) is 5.29. The van der Waals surface area contributed by atoms with Gasteiger partial charge in [0.1, 0.15) is 0 Å². The molecule has 92 valence electrons. The number of rotatable bonds is 2. The van der Waals surface area contributed by atoms with Crippen LogP contribution in [0.25, 0.3) is 11.0 Å². The molecule has 0 unspecified atom stereocenters. The van der Waals surface area contributed by atoms with Crippen LogP contribution in [0, 0.1) is 0 Å². The zero-order chi connectivity index (χ0) is 12.7. The number of fused-ring (bicyclic) bond motifs is 1. The SMILES string of the molecule is Nc1nc2ccc(Cl)cc2n1Cc1ccc(Cl)s1. The van der Waals surface area contributed by atoms with Crippen molar-refractivity contribution in [3.05, 3.63) is 44.6 Å². The van der Waals surface area contributed by atoms with Gasteiger partial charge < -0.3 is 10.3 Å². The molecule has 18 heavy (non-hydrogen) atoms. The summed E-state index contributed by atoms with van der Waals surface area (Å²) in [5.74, 6) is 0.483. The summed E-state index contributed by atoms with van der Waals surface area (Å²) in [5.41, 5.74) is 7.72. The Hall–Kier alpha value is -1.23. The van der Waals surface area contributed by atoms with E-state index in [1.807, 2.05) is 34.9 Å². The quantitative estimate of drug-likeness (QED) is 0.776. The molecule has 2 heterocycles. The molecule has 0 radical (unpaired) electrons. The highest BCUT2D eigenvalue weighted by molar-refractivity contribution is 7.16. The normalized spacial score (nSPS) is 11.2. The van der Waals surface area contributed by atoms with E-state index in [0.29, 0.717) is 17.5 Å². The number of benzene rings is 1. The van der Waals surface area contributed by atoms with Gasteiger partial charge >= 0.3 is 0 Å². The molecule has 0 amide bonds. The fourth-order valence-electron chi connectivity index (χ4n) is 1.87. The summed E-state index contributed by atoms with van der Waals surface area (Å²) in [7, 11) is 0. The summed E-state index contributed by atoms with van der Waals surface area (Å²) in [6.07, 6.45) is 0. The molecule has 0 aliphatic heterocycles. The molecule has 0 atom stereocenters.